The molecule has 0 N–H and O–H groups in total. The van der Waals surface area contributed by atoms with Crippen LogP contribution in [0.3, 0.4) is 0 Å². The summed E-state index contributed by atoms with van der Waals surface area (Å²) in [6, 6.07) is 0. The van der Waals surface area contributed by atoms with Crippen LogP contribution < -0.4 is 0 Å². The van der Waals surface area contributed by atoms with E-state index in [9.17, 15) is 4.79 Å². The molecule has 1 aliphatic rings. The Bertz CT molecular complexity index is 177. The SMILES string of the molecule is CCCN(CCBr)C(=O)C1CCSC1. The maximum absolute atomic E-state index is 12.0. The number of hydrogen-bond donors (Lipinski definition) is 0. The molecule has 82 valence electrons. The van der Waals surface area contributed by atoms with Crippen molar-refractivity contribution in [2.75, 3.05) is 29.9 Å². The highest BCUT2D eigenvalue weighted by atomic mass is 79.9. The van der Waals surface area contributed by atoms with E-state index in [0.717, 1.165) is 42.8 Å². The summed E-state index contributed by atoms with van der Waals surface area (Å²) in [7, 11) is 0. The molecule has 14 heavy (non-hydrogen) atoms. The van der Waals surface area contributed by atoms with Gasteiger partial charge in [-0.3, -0.25) is 4.79 Å². The maximum atomic E-state index is 12.0. The standard InChI is InChI=1S/C10H18BrNOS/c1-2-5-12(6-4-11)10(13)9-3-7-14-8-9/h9H,2-8H2,1H3. The third-order valence-electron chi connectivity index (χ3n) is 2.44. The molecular formula is C10H18BrNOS. The van der Waals surface area contributed by atoms with E-state index in [1.54, 1.807) is 0 Å². The molecule has 0 bridgehead atoms. The van der Waals surface area contributed by atoms with Crippen LogP contribution >= 0.6 is 27.7 Å². The normalized spacial score (nSPS) is 21.1. The molecule has 0 spiro atoms. The van der Waals surface area contributed by atoms with Gasteiger partial charge in [0.1, 0.15) is 0 Å². The van der Waals surface area contributed by atoms with Crippen molar-refractivity contribution in [3.05, 3.63) is 0 Å². The molecule has 1 rings (SSSR count). The van der Waals surface area contributed by atoms with Crippen LogP contribution in [0.1, 0.15) is 19.8 Å². The third-order valence-corrected chi connectivity index (χ3v) is 3.96. The van der Waals surface area contributed by atoms with Crippen LogP contribution in [0.5, 0.6) is 0 Å². The Balaban J connectivity index is 2.43. The molecular weight excluding hydrogens is 262 g/mol. The third kappa shape index (κ3) is 3.46. The fraction of sp³-hybridized carbons (Fsp3) is 0.900. The lowest BCUT2D eigenvalue weighted by atomic mass is 10.1. The minimum absolute atomic E-state index is 0.297. The minimum Gasteiger partial charge on any atom is -0.342 e. The molecule has 1 saturated heterocycles. The Labute approximate surface area is 98.9 Å². The van der Waals surface area contributed by atoms with Gasteiger partial charge in [0.05, 0.1) is 0 Å². The second kappa shape index (κ2) is 6.72. The molecule has 1 aliphatic heterocycles. The van der Waals surface area contributed by atoms with Gasteiger partial charge in [-0.15, -0.1) is 0 Å². The zero-order valence-corrected chi connectivity index (χ0v) is 11.1. The highest BCUT2D eigenvalue weighted by Crippen LogP contribution is 2.25. The van der Waals surface area contributed by atoms with Gasteiger partial charge in [-0.2, -0.15) is 11.8 Å². The van der Waals surface area contributed by atoms with Crippen molar-refractivity contribution in [3.63, 3.8) is 0 Å². The van der Waals surface area contributed by atoms with Crippen molar-refractivity contribution < 1.29 is 4.79 Å². The lowest BCUT2D eigenvalue weighted by Gasteiger charge is -2.24. The van der Waals surface area contributed by atoms with Crippen LogP contribution in [0.25, 0.3) is 0 Å². The van der Waals surface area contributed by atoms with Crippen LogP contribution in [0.4, 0.5) is 0 Å². The van der Waals surface area contributed by atoms with Crippen molar-refractivity contribution in [3.8, 4) is 0 Å². The number of carbonyl (C=O) groups excluding carboxylic acids is 1. The summed E-state index contributed by atoms with van der Waals surface area (Å²) >= 11 is 5.30. The zero-order valence-electron chi connectivity index (χ0n) is 8.67. The van der Waals surface area contributed by atoms with Crippen molar-refractivity contribution in [1.29, 1.82) is 0 Å². The quantitative estimate of drug-likeness (QED) is 0.721. The van der Waals surface area contributed by atoms with E-state index in [2.05, 4.69) is 22.9 Å². The summed E-state index contributed by atoms with van der Waals surface area (Å²) in [5.41, 5.74) is 0. The predicted octanol–water partition coefficient (Wildman–Crippen LogP) is 2.37. The fourth-order valence-corrected chi connectivity index (χ4v) is 3.33. The molecule has 1 unspecified atom stereocenters. The van der Waals surface area contributed by atoms with E-state index in [1.165, 1.54) is 0 Å². The number of rotatable bonds is 5. The van der Waals surface area contributed by atoms with Gasteiger partial charge < -0.3 is 4.90 Å². The number of halogens is 1. The van der Waals surface area contributed by atoms with E-state index < -0.39 is 0 Å². The van der Waals surface area contributed by atoms with Gasteiger partial charge in [0.25, 0.3) is 0 Å². The fourth-order valence-electron chi connectivity index (χ4n) is 1.69. The van der Waals surface area contributed by atoms with Crippen molar-refractivity contribution in [2.24, 2.45) is 5.92 Å². The molecule has 1 atom stereocenters. The van der Waals surface area contributed by atoms with Gasteiger partial charge >= 0.3 is 0 Å². The van der Waals surface area contributed by atoms with E-state index in [0.29, 0.717) is 11.8 Å². The smallest absolute Gasteiger partial charge is 0.226 e. The van der Waals surface area contributed by atoms with Gasteiger partial charge in [0.2, 0.25) is 5.91 Å². The molecule has 0 aromatic rings. The minimum atomic E-state index is 0.297. The molecule has 0 aromatic carbocycles. The first kappa shape index (κ1) is 12.4. The average molecular weight is 280 g/mol. The summed E-state index contributed by atoms with van der Waals surface area (Å²) < 4.78 is 0. The van der Waals surface area contributed by atoms with Crippen molar-refractivity contribution in [1.82, 2.24) is 4.90 Å². The number of alkyl halides is 1. The Kier molecular flexibility index (Phi) is 5.94. The largest absolute Gasteiger partial charge is 0.342 e. The highest BCUT2D eigenvalue weighted by molar-refractivity contribution is 9.09. The average Bonchev–Trinajstić information content (AvgIpc) is 2.69. The topological polar surface area (TPSA) is 20.3 Å². The Morgan fingerprint density at radius 2 is 2.36 bits per heavy atom. The second-order valence-electron chi connectivity index (χ2n) is 3.57. The molecule has 1 heterocycles. The summed E-state index contributed by atoms with van der Waals surface area (Å²) in [4.78, 5) is 14.0. The van der Waals surface area contributed by atoms with Gasteiger partial charge in [-0.05, 0) is 18.6 Å². The summed E-state index contributed by atoms with van der Waals surface area (Å²) in [5, 5.41) is 0.888. The molecule has 0 aromatic heterocycles. The Hall–Kier alpha value is 0.300. The first-order valence-electron chi connectivity index (χ1n) is 5.22. The number of amides is 1. The summed E-state index contributed by atoms with van der Waals surface area (Å²) in [6.45, 7) is 3.89. The Morgan fingerprint density at radius 1 is 1.57 bits per heavy atom. The number of thioether (sulfide) groups is 1. The van der Waals surface area contributed by atoms with Crippen molar-refractivity contribution in [2.45, 2.75) is 19.8 Å². The van der Waals surface area contributed by atoms with Crippen LogP contribution in [0, 0.1) is 5.92 Å². The molecule has 0 radical (unpaired) electrons. The van der Waals surface area contributed by atoms with E-state index in [4.69, 9.17) is 0 Å². The maximum Gasteiger partial charge on any atom is 0.226 e. The lowest BCUT2D eigenvalue weighted by molar-refractivity contribution is -0.134. The molecule has 0 saturated carbocycles. The van der Waals surface area contributed by atoms with Gasteiger partial charge in [0, 0.05) is 30.1 Å². The molecule has 2 nitrogen and oxygen atoms in total. The van der Waals surface area contributed by atoms with Gasteiger partial charge in [-0.25, -0.2) is 0 Å². The first-order chi connectivity index (χ1) is 6.79. The number of nitrogens with zero attached hydrogens (tertiary/aromatic N) is 1. The van der Waals surface area contributed by atoms with Crippen LogP contribution in [-0.2, 0) is 4.79 Å². The van der Waals surface area contributed by atoms with Gasteiger partial charge in [-0.1, -0.05) is 22.9 Å². The summed E-state index contributed by atoms with van der Waals surface area (Å²) in [5.74, 6) is 2.85. The van der Waals surface area contributed by atoms with Crippen LogP contribution in [0.15, 0.2) is 0 Å². The zero-order chi connectivity index (χ0) is 10.4. The van der Waals surface area contributed by atoms with E-state index in [-0.39, 0.29) is 0 Å². The molecule has 1 fully saturated rings. The molecule has 1 amide bonds. The van der Waals surface area contributed by atoms with E-state index in [1.807, 2.05) is 16.7 Å². The van der Waals surface area contributed by atoms with E-state index >= 15 is 0 Å². The summed E-state index contributed by atoms with van der Waals surface area (Å²) in [6.07, 6.45) is 2.13. The first-order valence-corrected chi connectivity index (χ1v) is 7.49. The second-order valence-corrected chi connectivity index (χ2v) is 5.52. The number of carbonyl (C=O) groups is 1. The van der Waals surface area contributed by atoms with Gasteiger partial charge in [0.15, 0.2) is 0 Å². The molecule has 4 heteroatoms. The predicted molar refractivity (Wildman–Crippen MR) is 66.1 cm³/mol. The molecule has 0 aliphatic carbocycles. The lowest BCUT2D eigenvalue weighted by Crippen LogP contribution is -2.38. The van der Waals surface area contributed by atoms with Crippen LogP contribution in [-0.4, -0.2) is 40.7 Å². The van der Waals surface area contributed by atoms with Crippen LogP contribution in [0.2, 0.25) is 0 Å². The highest BCUT2D eigenvalue weighted by Gasteiger charge is 2.26. The van der Waals surface area contributed by atoms with Crippen molar-refractivity contribution >= 4 is 33.6 Å². The number of hydrogen-bond acceptors (Lipinski definition) is 2. The Morgan fingerprint density at radius 3 is 2.86 bits per heavy atom. The monoisotopic (exact) mass is 279 g/mol.